The lowest BCUT2D eigenvalue weighted by Gasteiger charge is -2.22. The Labute approximate surface area is 202 Å². The Morgan fingerprint density at radius 2 is 1.76 bits per heavy atom. The molecule has 1 heterocycles. The van der Waals surface area contributed by atoms with E-state index in [1.165, 1.54) is 13.0 Å². The molecule has 184 valence electrons. The third-order valence-corrected chi connectivity index (χ3v) is 7.51. The van der Waals surface area contributed by atoms with E-state index in [0.29, 0.717) is 13.0 Å². The van der Waals surface area contributed by atoms with E-state index >= 15 is 0 Å². The van der Waals surface area contributed by atoms with Gasteiger partial charge in [-0.25, -0.2) is 8.42 Å². The third-order valence-electron chi connectivity index (χ3n) is 6.07. The van der Waals surface area contributed by atoms with Gasteiger partial charge in [-0.3, -0.25) is 9.59 Å². The van der Waals surface area contributed by atoms with Crippen LogP contribution in [0.25, 0.3) is 0 Å². The van der Waals surface area contributed by atoms with Crippen molar-refractivity contribution < 1.29 is 18.0 Å². The van der Waals surface area contributed by atoms with Crippen LogP contribution < -0.4 is 19.8 Å². The van der Waals surface area contributed by atoms with E-state index < -0.39 is 16.1 Å². The van der Waals surface area contributed by atoms with Gasteiger partial charge in [-0.2, -0.15) is 4.72 Å². The van der Waals surface area contributed by atoms with Gasteiger partial charge in [-0.15, -0.1) is 0 Å². The highest BCUT2D eigenvalue weighted by atomic mass is 32.2. The molecule has 9 heteroatoms. The van der Waals surface area contributed by atoms with Gasteiger partial charge in [0.2, 0.25) is 21.8 Å². The number of amides is 2. The molecule has 2 aromatic rings. The van der Waals surface area contributed by atoms with Crippen molar-refractivity contribution in [2.24, 2.45) is 5.92 Å². The zero-order valence-corrected chi connectivity index (χ0v) is 21.4. The SMILES string of the molecule is CC(=O)N1c2ccc(S(=O)(=O)N[C@@H](C(=O)NCc3ccc(N(C)C)cc3)C(C)C)cc2C[C@H]1C. The molecule has 0 aromatic heterocycles. The number of rotatable bonds is 8. The van der Waals surface area contributed by atoms with E-state index in [0.717, 1.165) is 22.5 Å². The van der Waals surface area contributed by atoms with E-state index in [-0.39, 0.29) is 28.7 Å². The van der Waals surface area contributed by atoms with Gasteiger partial charge in [0.05, 0.1) is 4.90 Å². The molecule has 1 aliphatic heterocycles. The van der Waals surface area contributed by atoms with Crippen molar-refractivity contribution in [2.75, 3.05) is 23.9 Å². The maximum Gasteiger partial charge on any atom is 0.241 e. The molecule has 1 aliphatic rings. The van der Waals surface area contributed by atoms with Crippen LogP contribution in [0, 0.1) is 5.92 Å². The third kappa shape index (κ3) is 5.59. The Morgan fingerprint density at radius 1 is 1.12 bits per heavy atom. The number of hydrogen-bond acceptors (Lipinski definition) is 5. The molecule has 0 aliphatic carbocycles. The highest BCUT2D eigenvalue weighted by Crippen LogP contribution is 2.34. The molecule has 2 atom stereocenters. The van der Waals surface area contributed by atoms with Crippen LogP contribution in [0.15, 0.2) is 47.4 Å². The van der Waals surface area contributed by atoms with E-state index in [2.05, 4.69) is 10.0 Å². The second kappa shape index (κ2) is 10.1. The normalized spacial score (nSPS) is 16.3. The highest BCUT2D eigenvalue weighted by molar-refractivity contribution is 7.89. The van der Waals surface area contributed by atoms with Gasteiger partial charge in [0, 0.05) is 45.0 Å². The van der Waals surface area contributed by atoms with E-state index in [9.17, 15) is 18.0 Å². The minimum Gasteiger partial charge on any atom is -0.378 e. The average molecular weight is 487 g/mol. The van der Waals surface area contributed by atoms with Gasteiger partial charge in [0.15, 0.2) is 0 Å². The number of hydrogen-bond donors (Lipinski definition) is 2. The number of carbonyl (C=O) groups is 2. The molecule has 2 N–H and O–H groups in total. The Balaban J connectivity index is 1.72. The predicted octanol–water partition coefficient (Wildman–Crippen LogP) is 2.67. The van der Waals surface area contributed by atoms with Gasteiger partial charge in [0.25, 0.3) is 0 Å². The van der Waals surface area contributed by atoms with Crippen molar-refractivity contribution in [2.45, 2.75) is 57.6 Å². The summed E-state index contributed by atoms with van der Waals surface area (Å²) in [4.78, 5) is 28.6. The first-order valence-corrected chi connectivity index (χ1v) is 12.9. The van der Waals surface area contributed by atoms with Gasteiger partial charge in [0.1, 0.15) is 6.04 Å². The summed E-state index contributed by atoms with van der Waals surface area (Å²) in [5.41, 5.74) is 3.51. The monoisotopic (exact) mass is 486 g/mol. The molecule has 0 unspecified atom stereocenters. The molecule has 2 aromatic carbocycles. The van der Waals surface area contributed by atoms with Crippen molar-refractivity contribution in [3.8, 4) is 0 Å². The summed E-state index contributed by atoms with van der Waals surface area (Å²) in [7, 11) is -0.0334. The summed E-state index contributed by atoms with van der Waals surface area (Å²) in [6, 6.07) is 11.6. The average Bonchev–Trinajstić information content (AvgIpc) is 3.11. The Morgan fingerprint density at radius 3 is 2.32 bits per heavy atom. The van der Waals surface area contributed by atoms with Crippen molar-refractivity contribution >= 4 is 33.2 Å². The number of fused-ring (bicyclic) bond motifs is 1. The fourth-order valence-electron chi connectivity index (χ4n) is 4.19. The number of benzene rings is 2. The van der Waals surface area contributed by atoms with Crippen LogP contribution in [0.1, 0.15) is 38.8 Å². The lowest BCUT2D eigenvalue weighted by Crippen LogP contribution is -2.49. The fourth-order valence-corrected chi connectivity index (χ4v) is 5.59. The molecule has 8 nitrogen and oxygen atoms in total. The number of nitrogens with zero attached hydrogens (tertiary/aromatic N) is 2. The molecular formula is C25H34N4O4S. The standard InChI is InChI=1S/C25H34N4O4S/c1-16(2)24(25(31)26-15-19-7-9-21(10-8-19)28(5)6)27-34(32,33)22-11-12-23-20(14-22)13-17(3)29(23)18(4)30/h7-12,14,16-17,24,27H,13,15H2,1-6H3,(H,26,31)/t17-,24-/m1/s1. The molecule has 0 saturated carbocycles. The predicted molar refractivity (Wildman–Crippen MR) is 134 cm³/mol. The molecule has 0 spiro atoms. The lowest BCUT2D eigenvalue weighted by molar-refractivity contribution is -0.123. The number of anilines is 2. The molecule has 34 heavy (non-hydrogen) atoms. The van der Waals surface area contributed by atoms with Crippen molar-refractivity contribution in [1.29, 1.82) is 0 Å². The van der Waals surface area contributed by atoms with Crippen LogP contribution in [0.5, 0.6) is 0 Å². The maximum absolute atomic E-state index is 13.1. The molecule has 0 radical (unpaired) electrons. The minimum atomic E-state index is -3.94. The highest BCUT2D eigenvalue weighted by Gasteiger charge is 2.32. The van der Waals surface area contributed by atoms with Crippen molar-refractivity contribution in [3.05, 3.63) is 53.6 Å². The minimum absolute atomic E-state index is 0.0283. The van der Waals surface area contributed by atoms with Gasteiger partial charge >= 0.3 is 0 Å². The van der Waals surface area contributed by atoms with Crippen LogP contribution >= 0.6 is 0 Å². The van der Waals surface area contributed by atoms with E-state index in [1.54, 1.807) is 30.9 Å². The topological polar surface area (TPSA) is 98.8 Å². The summed E-state index contributed by atoms with van der Waals surface area (Å²) < 4.78 is 28.9. The smallest absolute Gasteiger partial charge is 0.241 e. The van der Waals surface area contributed by atoms with Crippen molar-refractivity contribution in [1.82, 2.24) is 10.0 Å². The summed E-state index contributed by atoms with van der Waals surface area (Å²) in [6.07, 6.45) is 0.582. The maximum atomic E-state index is 13.1. The first kappa shape index (κ1) is 25.7. The second-order valence-electron chi connectivity index (χ2n) is 9.35. The molecule has 3 rings (SSSR count). The van der Waals surface area contributed by atoms with Crippen LogP contribution in [0.4, 0.5) is 11.4 Å². The first-order valence-electron chi connectivity index (χ1n) is 11.4. The fraction of sp³-hybridized carbons (Fsp3) is 0.440. The van der Waals surface area contributed by atoms with Crippen LogP contribution in [0.2, 0.25) is 0 Å². The summed E-state index contributed by atoms with van der Waals surface area (Å²) >= 11 is 0. The van der Waals surface area contributed by atoms with Gasteiger partial charge in [-0.05, 0) is 60.7 Å². The molecule has 0 saturated heterocycles. The molecule has 0 bridgehead atoms. The largest absolute Gasteiger partial charge is 0.378 e. The van der Waals surface area contributed by atoms with Gasteiger partial charge < -0.3 is 15.1 Å². The van der Waals surface area contributed by atoms with Crippen LogP contribution in [-0.2, 0) is 32.6 Å². The van der Waals surface area contributed by atoms with E-state index in [1.807, 2.05) is 50.2 Å². The lowest BCUT2D eigenvalue weighted by atomic mass is 10.0. The van der Waals surface area contributed by atoms with Crippen LogP contribution in [0.3, 0.4) is 0 Å². The van der Waals surface area contributed by atoms with E-state index in [4.69, 9.17) is 0 Å². The summed E-state index contributed by atoms with van der Waals surface area (Å²) in [6.45, 7) is 7.33. The van der Waals surface area contributed by atoms with Crippen molar-refractivity contribution in [3.63, 3.8) is 0 Å². The molecular weight excluding hydrogens is 452 g/mol. The first-order chi connectivity index (χ1) is 15.9. The number of nitrogens with one attached hydrogen (secondary N) is 2. The number of carbonyl (C=O) groups excluding carboxylic acids is 2. The zero-order valence-electron chi connectivity index (χ0n) is 20.6. The Kier molecular flexibility index (Phi) is 7.67. The number of sulfonamides is 1. The summed E-state index contributed by atoms with van der Waals surface area (Å²) in [5.74, 6) is -0.714. The van der Waals surface area contributed by atoms with Crippen LogP contribution in [-0.4, -0.2) is 46.4 Å². The summed E-state index contributed by atoms with van der Waals surface area (Å²) in [5, 5.41) is 2.85. The molecule has 2 amide bonds. The molecule has 0 fully saturated rings. The second-order valence-corrected chi connectivity index (χ2v) is 11.1. The Hall–Kier alpha value is -2.91. The Bertz CT molecular complexity index is 1160. The quantitative estimate of drug-likeness (QED) is 0.598. The van der Waals surface area contributed by atoms with Gasteiger partial charge in [-0.1, -0.05) is 26.0 Å². The zero-order chi connectivity index (χ0) is 25.2.